The van der Waals surface area contributed by atoms with Gasteiger partial charge in [0, 0.05) is 18.1 Å². The van der Waals surface area contributed by atoms with Gasteiger partial charge in [0.2, 0.25) is 5.91 Å². The lowest BCUT2D eigenvalue weighted by Gasteiger charge is -2.32. The minimum absolute atomic E-state index is 0. The standard InChI is InChI=1S/C19H27ClN2O.ClH/c1-21-13-16-7-10-22(14-16)18(23)19(8-2-3-9-19)12-15-5-4-6-17(20)11-15;/h4-6,11,16,21H,2-3,7-10,12-14H2,1H3;1H. The Bertz CT molecular complexity index is 558. The van der Waals surface area contributed by atoms with Crippen molar-refractivity contribution in [1.82, 2.24) is 10.2 Å². The van der Waals surface area contributed by atoms with Crippen LogP contribution >= 0.6 is 24.0 Å². The zero-order valence-corrected chi connectivity index (χ0v) is 16.0. The number of likely N-dealkylation sites (tertiary alicyclic amines) is 1. The number of hydrogen-bond donors (Lipinski definition) is 1. The van der Waals surface area contributed by atoms with Gasteiger partial charge in [-0.05, 0) is 62.9 Å². The van der Waals surface area contributed by atoms with Gasteiger partial charge >= 0.3 is 0 Å². The predicted octanol–water partition coefficient (Wildman–Crippen LogP) is 3.93. The molecule has 1 aliphatic carbocycles. The number of nitrogens with one attached hydrogen (secondary N) is 1. The second-order valence-corrected chi connectivity index (χ2v) is 7.69. The number of halogens is 2. The van der Waals surface area contributed by atoms with Gasteiger partial charge in [-0.1, -0.05) is 36.6 Å². The molecule has 0 bridgehead atoms. The molecule has 1 saturated heterocycles. The van der Waals surface area contributed by atoms with Crippen molar-refractivity contribution in [2.45, 2.75) is 38.5 Å². The van der Waals surface area contributed by atoms with E-state index in [-0.39, 0.29) is 17.8 Å². The van der Waals surface area contributed by atoms with Crippen LogP contribution in [-0.2, 0) is 11.2 Å². The van der Waals surface area contributed by atoms with Crippen molar-refractivity contribution in [2.75, 3.05) is 26.7 Å². The molecule has 134 valence electrons. The number of amides is 1. The number of carbonyl (C=O) groups excluding carboxylic acids is 1. The Morgan fingerprint density at radius 1 is 1.38 bits per heavy atom. The third-order valence-electron chi connectivity index (χ3n) is 5.51. The first-order chi connectivity index (χ1) is 11.1. The van der Waals surface area contributed by atoms with Crippen LogP contribution in [0.3, 0.4) is 0 Å². The predicted molar refractivity (Wildman–Crippen MR) is 102 cm³/mol. The molecule has 1 aromatic rings. The minimum atomic E-state index is -0.195. The first-order valence-electron chi connectivity index (χ1n) is 8.81. The normalized spacial score (nSPS) is 22.4. The van der Waals surface area contributed by atoms with E-state index >= 15 is 0 Å². The van der Waals surface area contributed by atoms with E-state index in [2.05, 4.69) is 16.3 Å². The van der Waals surface area contributed by atoms with E-state index in [1.165, 1.54) is 18.4 Å². The molecular weight excluding hydrogens is 343 g/mol. The maximum absolute atomic E-state index is 13.3. The maximum Gasteiger partial charge on any atom is 0.229 e. The van der Waals surface area contributed by atoms with Crippen molar-refractivity contribution in [2.24, 2.45) is 11.3 Å². The SMILES string of the molecule is CNCC1CCN(C(=O)C2(Cc3cccc(Cl)c3)CCCC2)C1.Cl. The summed E-state index contributed by atoms with van der Waals surface area (Å²) >= 11 is 6.13. The molecule has 2 fully saturated rings. The van der Waals surface area contributed by atoms with E-state index in [4.69, 9.17) is 11.6 Å². The van der Waals surface area contributed by atoms with Crippen LogP contribution in [0.15, 0.2) is 24.3 Å². The van der Waals surface area contributed by atoms with Crippen molar-refractivity contribution < 1.29 is 4.79 Å². The molecule has 1 N–H and O–H groups in total. The molecule has 1 unspecified atom stereocenters. The van der Waals surface area contributed by atoms with Crippen molar-refractivity contribution in [3.05, 3.63) is 34.9 Å². The van der Waals surface area contributed by atoms with Gasteiger partial charge in [0.15, 0.2) is 0 Å². The van der Waals surface area contributed by atoms with Crippen molar-refractivity contribution in [3.8, 4) is 0 Å². The lowest BCUT2D eigenvalue weighted by molar-refractivity contribution is -0.141. The Hall–Kier alpha value is -0.770. The van der Waals surface area contributed by atoms with Gasteiger partial charge in [0.1, 0.15) is 0 Å². The van der Waals surface area contributed by atoms with E-state index < -0.39 is 0 Å². The topological polar surface area (TPSA) is 32.3 Å². The summed E-state index contributed by atoms with van der Waals surface area (Å²) in [5.41, 5.74) is 0.998. The highest BCUT2D eigenvalue weighted by molar-refractivity contribution is 6.30. The first kappa shape index (κ1) is 19.6. The Balaban J connectivity index is 0.00000208. The maximum atomic E-state index is 13.3. The molecule has 1 atom stereocenters. The number of hydrogen-bond acceptors (Lipinski definition) is 2. The third kappa shape index (κ3) is 4.25. The van der Waals surface area contributed by atoms with Crippen molar-refractivity contribution >= 4 is 29.9 Å². The molecule has 0 aromatic heterocycles. The third-order valence-corrected chi connectivity index (χ3v) is 5.75. The first-order valence-corrected chi connectivity index (χ1v) is 9.19. The van der Waals surface area contributed by atoms with Gasteiger partial charge in [-0.3, -0.25) is 4.79 Å². The Morgan fingerprint density at radius 3 is 2.79 bits per heavy atom. The fourth-order valence-corrected chi connectivity index (χ4v) is 4.58. The molecule has 1 aromatic carbocycles. The molecule has 3 rings (SSSR count). The lowest BCUT2D eigenvalue weighted by Crippen LogP contribution is -2.43. The van der Waals surface area contributed by atoms with Crippen LogP contribution in [0.1, 0.15) is 37.7 Å². The molecule has 0 radical (unpaired) electrons. The van der Waals surface area contributed by atoms with E-state index in [9.17, 15) is 4.79 Å². The molecule has 1 saturated carbocycles. The quantitative estimate of drug-likeness (QED) is 0.851. The van der Waals surface area contributed by atoms with Gasteiger partial charge < -0.3 is 10.2 Å². The van der Waals surface area contributed by atoms with Gasteiger partial charge in [-0.2, -0.15) is 0 Å². The zero-order chi connectivity index (χ0) is 16.3. The molecule has 24 heavy (non-hydrogen) atoms. The monoisotopic (exact) mass is 370 g/mol. The van der Waals surface area contributed by atoms with Crippen LogP contribution in [-0.4, -0.2) is 37.5 Å². The average molecular weight is 371 g/mol. The van der Waals surface area contributed by atoms with Crippen LogP contribution in [0.4, 0.5) is 0 Å². The molecule has 1 heterocycles. The fourth-order valence-electron chi connectivity index (χ4n) is 4.36. The average Bonchev–Trinajstić information content (AvgIpc) is 3.17. The summed E-state index contributed by atoms with van der Waals surface area (Å²) < 4.78 is 0. The van der Waals surface area contributed by atoms with Crippen LogP contribution in [0, 0.1) is 11.3 Å². The Labute approximate surface area is 156 Å². The lowest BCUT2D eigenvalue weighted by atomic mass is 9.78. The highest BCUT2D eigenvalue weighted by atomic mass is 35.5. The largest absolute Gasteiger partial charge is 0.342 e. The fraction of sp³-hybridized carbons (Fsp3) is 0.632. The van der Waals surface area contributed by atoms with Gasteiger partial charge in [-0.25, -0.2) is 0 Å². The highest BCUT2D eigenvalue weighted by Gasteiger charge is 2.44. The van der Waals surface area contributed by atoms with E-state index in [1.54, 1.807) is 0 Å². The van der Waals surface area contributed by atoms with Gasteiger partial charge in [0.05, 0.1) is 5.41 Å². The highest BCUT2D eigenvalue weighted by Crippen LogP contribution is 2.43. The summed E-state index contributed by atoms with van der Waals surface area (Å²) in [6.07, 6.45) is 6.33. The summed E-state index contributed by atoms with van der Waals surface area (Å²) in [6.45, 7) is 2.84. The van der Waals surface area contributed by atoms with Crippen LogP contribution in [0.2, 0.25) is 5.02 Å². The smallest absolute Gasteiger partial charge is 0.229 e. The van der Waals surface area contributed by atoms with E-state index in [0.29, 0.717) is 11.8 Å². The van der Waals surface area contributed by atoms with Gasteiger partial charge in [0.25, 0.3) is 0 Å². The summed E-state index contributed by atoms with van der Waals surface area (Å²) in [5, 5.41) is 4.00. The summed E-state index contributed by atoms with van der Waals surface area (Å²) in [6, 6.07) is 8.01. The molecule has 0 spiro atoms. The van der Waals surface area contributed by atoms with Crippen LogP contribution in [0.5, 0.6) is 0 Å². The minimum Gasteiger partial charge on any atom is -0.342 e. The second-order valence-electron chi connectivity index (χ2n) is 7.26. The number of nitrogens with zero attached hydrogens (tertiary/aromatic N) is 1. The molecule has 3 nitrogen and oxygen atoms in total. The molecule has 2 aliphatic rings. The van der Waals surface area contributed by atoms with Crippen LogP contribution < -0.4 is 5.32 Å². The Morgan fingerprint density at radius 2 is 2.12 bits per heavy atom. The number of benzene rings is 1. The molecule has 1 aliphatic heterocycles. The summed E-state index contributed by atoms with van der Waals surface area (Å²) in [5.74, 6) is 0.988. The van der Waals surface area contributed by atoms with E-state index in [1.807, 2.05) is 25.2 Å². The Kier molecular flexibility index (Phi) is 6.97. The van der Waals surface area contributed by atoms with Crippen molar-refractivity contribution in [3.63, 3.8) is 0 Å². The summed E-state index contributed by atoms with van der Waals surface area (Å²) in [4.78, 5) is 15.4. The second kappa shape index (κ2) is 8.55. The van der Waals surface area contributed by atoms with E-state index in [0.717, 1.165) is 50.3 Å². The number of carbonyl (C=O) groups is 1. The van der Waals surface area contributed by atoms with Gasteiger partial charge in [-0.15, -0.1) is 12.4 Å². The summed E-state index contributed by atoms with van der Waals surface area (Å²) in [7, 11) is 1.99. The van der Waals surface area contributed by atoms with Crippen molar-refractivity contribution in [1.29, 1.82) is 0 Å². The van der Waals surface area contributed by atoms with Crippen LogP contribution in [0.25, 0.3) is 0 Å². The molecule has 5 heteroatoms. The molecule has 1 amide bonds. The zero-order valence-electron chi connectivity index (χ0n) is 14.4. The molecular formula is C19H28Cl2N2O. The number of rotatable bonds is 5.